The van der Waals surface area contributed by atoms with Gasteiger partial charge in [0.05, 0.1) is 22.4 Å². The van der Waals surface area contributed by atoms with Gasteiger partial charge in [-0.2, -0.15) is 5.10 Å². The molecule has 0 fully saturated rings. The molecule has 1 heterocycles. The zero-order chi connectivity index (χ0) is 22.6. The predicted octanol–water partition coefficient (Wildman–Crippen LogP) is 6.54. The minimum Gasteiger partial charge on any atom is -0.258 e. The van der Waals surface area contributed by atoms with E-state index in [0.717, 1.165) is 35.4 Å². The average molecular weight is 434 g/mol. The van der Waals surface area contributed by atoms with Gasteiger partial charge in [0, 0.05) is 18.6 Å². The fourth-order valence-corrected chi connectivity index (χ4v) is 4.23. The number of anilines is 1. The monoisotopic (exact) mass is 433 g/mol. The molecular weight excluding hydrogens is 410 g/mol. The molecule has 0 aromatic heterocycles. The molecule has 0 N–H and O–H groups in total. The van der Waals surface area contributed by atoms with Gasteiger partial charge < -0.3 is 0 Å². The molecule has 0 bridgehead atoms. The molecule has 1 aliphatic rings. The summed E-state index contributed by atoms with van der Waals surface area (Å²) in [4.78, 5) is 10.7. The van der Waals surface area contributed by atoms with Crippen LogP contribution < -0.4 is 5.01 Å². The van der Waals surface area contributed by atoms with E-state index in [1.54, 1.807) is 12.1 Å². The zero-order valence-electron chi connectivity index (χ0n) is 18.0. The van der Waals surface area contributed by atoms with Gasteiger partial charge in [-0.25, -0.2) is 0 Å². The Hall–Kier alpha value is -4.25. The van der Waals surface area contributed by atoms with E-state index >= 15 is 0 Å². The van der Waals surface area contributed by atoms with Crippen LogP contribution in [0.2, 0.25) is 0 Å². The Morgan fingerprint density at radius 1 is 0.788 bits per heavy atom. The summed E-state index contributed by atoms with van der Waals surface area (Å²) in [5.74, 6) is 0. The molecule has 4 aromatic rings. The number of hydrogen-bond acceptors (Lipinski definition) is 4. The molecule has 33 heavy (non-hydrogen) atoms. The maximum absolute atomic E-state index is 11.1. The van der Waals surface area contributed by atoms with Crippen molar-refractivity contribution in [2.24, 2.45) is 5.10 Å². The molecule has 0 amide bonds. The van der Waals surface area contributed by atoms with Crippen LogP contribution in [0.1, 0.15) is 34.7 Å². The molecule has 1 unspecified atom stereocenters. The molecule has 5 heteroatoms. The Morgan fingerprint density at radius 2 is 1.39 bits per heavy atom. The summed E-state index contributed by atoms with van der Waals surface area (Å²) in [5.41, 5.74) is 6.75. The van der Waals surface area contributed by atoms with Gasteiger partial charge in [-0.1, -0.05) is 84.9 Å². The summed E-state index contributed by atoms with van der Waals surface area (Å²) in [5, 5.41) is 18.1. The highest BCUT2D eigenvalue weighted by Gasteiger charge is 2.30. The largest absolute Gasteiger partial charge is 0.269 e. The van der Waals surface area contributed by atoms with Crippen LogP contribution >= 0.6 is 0 Å². The van der Waals surface area contributed by atoms with Crippen LogP contribution in [0.3, 0.4) is 0 Å². The topological polar surface area (TPSA) is 58.7 Å². The zero-order valence-corrected chi connectivity index (χ0v) is 18.0. The van der Waals surface area contributed by atoms with Gasteiger partial charge in [0.25, 0.3) is 5.69 Å². The Balaban J connectivity index is 1.42. The van der Waals surface area contributed by atoms with Gasteiger partial charge in [-0.05, 0) is 40.8 Å². The molecule has 0 saturated heterocycles. The van der Waals surface area contributed by atoms with Crippen molar-refractivity contribution in [3.05, 3.63) is 142 Å². The molecule has 5 rings (SSSR count). The lowest BCUT2D eigenvalue weighted by Crippen LogP contribution is -2.18. The minimum absolute atomic E-state index is 0.0211. The van der Waals surface area contributed by atoms with Crippen molar-refractivity contribution < 1.29 is 4.92 Å². The molecular formula is C28H23N3O2. The number of nitrogens with zero attached hydrogens (tertiary/aromatic N) is 3. The van der Waals surface area contributed by atoms with Crippen LogP contribution in [0.25, 0.3) is 0 Å². The van der Waals surface area contributed by atoms with Crippen LogP contribution in [-0.4, -0.2) is 10.6 Å². The number of nitro benzene ring substituents is 1. The maximum Gasteiger partial charge on any atom is 0.269 e. The van der Waals surface area contributed by atoms with E-state index < -0.39 is 0 Å². The van der Waals surface area contributed by atoms with Crippen molar-refractivity contribution in [1.29, 1.82) is 0 Å². The van der Waals surface area contributed by atoms with Gasteiger partial charge in [-0.15, -0.1) is 0 Å². The molecule has 0 saturated carbocycles. The normalized spacial score (nSPS) is 15.3. The van der Waals surface area contributed by atoms with Crippen molar-refractivity contribution in [3.8, 4) is 0 Å². The average Bonchev–Trinajstić information content (AvgIpc) is 3.31. The number of non-ortho nitro benzene ring substituents is 1. The highest BCUT2D eigenvalue weighted by atomic mass is 16.6. The first-order valence-corrected chi connectivity index (χ1v) is 11.0. The van der Waals surface area contributed by atoms with Crippen LogP contribution in [0, 0.1) is 10.1 Å². The van der Waals surface area contributed by atoms with E-state index in [-0.39, 0.29) is 16.7 Å². The first-order chi connectivity index (χ1) is 16.2. The predicted molar refractivity (Wildman–Crippen MR) is 132 cm³/mol. The first kappa shape index (κ1) is 20.6. The van der Waals surface area contributed by atoms with Gasteiger partial charge in [0.1, 0.15) is 0 Å². The third-order valence-electron chi connectivity index (χ3n) is 5.96. The third-order valence-corrected chi connectivity index (χ3v) is 5.96. The molecule has 0 spiro atoms. The second-order valence-corrected chi connectivity index (χ2v) is 8.15. The lowest BCUT2D eigenvalue weighted by Gasteiger charge is -2.23. The summed E-state index contributed by atoms with van der Waals surface area (Å²) in [6.45, 7) is 0. The Kier molecular flexibility index (Phi) is 5.68. The number of benzene rings is 4. The highest BCUT2D eigenvalue weighted by molar-refractivity contribution is 6.03. The first-order valence-electron chi connectivity index (χ1n) is 11.0. The Labute approximate surface area is 192 Å². The molecule has 0 radical (unpaired) electrons. The van der Waals surface area contributed by atoms with Gasteiger partial charge in [0.15, 0.2) is 0 Å². The maximum atomic E-state index is 11.1. The van der Waals surface area contributed by atoms with E-state index in [1.165, 1.54) is 11.1 Å². The molecule has 4 aromatic carbocycles. The number of rotatable bonds is 6. The molecule has 5 nitrogen and oxygen atoms in total. The minimum atomic E-state index is -0.369. The molecule has 1 aliphatic heterocycles. The fraction of sp³-hybridized carbons (Fsp3) is 0.107. The van der Waals surface area contributed by atoms with Crippen molar-refractivity contribution >= 4 is 17.1 Å². The van der Waals surface area contributed by atoms with Crippen molar-refractivity contribution in [2.75, 3.05) is 5.01 Å². The summed E-state index contributed by atoms with van der Waals surface area (Å²) < 4.78 is 0. The van der Waals surface area contributed by atoms with Crippen LogP contribution in [0.5, 0.6) is 0 Å². The van der Waals surface area contributed by atoms with E-state index in [4.69, 9.17) is 5.10 Å². The quantitative estimate of drug-likeness (QED) is 0.256. The van der Waals surface area contributed by atoms with Crippen molar-refractivity contribution in [1.82, 2.24) is 0 Å². The second-order valence-electron chi connectivity index (χ2n) is 8.15. The highest BCUT2D eigenvalue weighted by Crippen LogP contribution is 2.37. The van der Waals surface area contributed by atoms with Crippen LogP contribution in [0.4, 0.5) is 11.4 Å². The van der Waals surface area contributed by atoms with E-state index in [0.29, 0.717) is 0 Å². The van der Waals surface area contributed by atoms with Crippen LogP contribution in [-0.2, 0) is 6.42 Å². The van der Waals surface area contributed by atoms with E-state index in [1.807, 2.05) is 53.5 Å². The third kappa shape index (κ3) is 4.53. The van der Waals surface area contributed by atoms with Crippen LogP contribution in [0.15, 0.2) is 114 Å². The van der Waals surface area contributed by atoms with E-state index in [2.05, 4.69) is 48.5 Å². The van der Waals surface area contributed by atoms with Gasteiger partial charge in [0.2, 0.25) is 0 Å². The second kappa shape index (κ2) is 9.09. The number of nitro groups is 1. The molecule has 162 valence electrons. The Morgan fingerprint density at radius 3 is 2.03 bits per heavy atom. The van der Waals surface area contributed by atoms with E-state index in [9.17, 15) is 10.1 Å². The number of para-hydroxylation sites is 1. The summed E-state index contributed by atoms with van der Waals surface area (Å²) in [6, 6.07) is 35.9. The number of hydrogen-bond donors (Lipinski definition) is 0. The van der Waals surface area contributed by atoms with Gasteiger partial charge >= 0.3 is 0 Å². The SMILES string of the molecule is O=[N+]([O-])c1ccc(C2CC(c3ccc(Cc4ccccc4)cc3)=NN2c2ccccc2)cc1. The standard InChI is InChI=1S/C28H23N3O2/c32-31(33)26-17-15-24(16-18-26)28-20-27(29-30(28)25-9-5-2-6-10-25)23-13-11-22(12-14-23)19-21-7-3-1-4-8-21/h1-18,28H,19-20H2. The van der Waals surface area contributed by atoms with Gasteiger partial charge in [-0.3, -0.25) is 15.1 Å². The Bertz CT molecular complexity index is 1270. The molecule has 1 atom stereocenters. The molecule has 0 aliphatic carbocycles. The summed E-state index contributed by atoms with van der Waals surface area (Å²) in [6.07, 6.45) is 1.62. The number of hydrazone groups is 1. The fourth-order valence-electron chi connectivity index (χ4n) is 4.23. The van der Waals surface area contributed by atoms with Crippen molar-refractivity contribution in [3.63, 3.8) is 0 Å². The lowest BCUT2D eigenvalue weighted by atomic mass is 9.96. The smallest absolute Gasteiger partial charge is 0.258 e. The van der Waals surface area contributed by atoms with Crippen molar-refractivity contribution in [2.45, 2.75) is 18.9 Å². The lowest BCUT2D eigenvalue weighted by molar-refractivity contribution is -0.384. The summed E-state index contributed by atoms with van der Waals surface area (Å²) >= 11 is 0. The summed E-state index contributed by atoms with van der Waals surface area (Å²) in [7, 11) is 0.